The minimum Gasteiger partial charge on any atom is -0.478 e. The number of carbonyl (C=O) groups is 1. The van der Waals surface area contributed by atoms with E-state index in [0.717, 1.165) is 49.8 Å². The van der Waals surface area contributed by atoms with E-state index < -0.39 is 8.32 Å². The van der Waals surface area contributed by atoms with Crippen LogP contribution in [0.25, 0.3) is 10.9 Å². The number of aromatic nitrogens is 1. The third kappa shape index (κ3) is 5.62. The Labute approximate surface area is 212 Å². The number of carbonyl (C=O) groups excluding carboxylic acids is 1. The second-order valence-electron chi connectivity index (χ2n) is 11.9. The first-order valence-corrected chi connectivity index (χ1v) is 16.5. The highest BCUT2D eigenvalue weighted by Gasteiger charge is 2.41. The number of benzene rings is 1. The van der Waals surface area contributed by atoms with Crippen LogP contribution < -0.4 is 10.1 Å². The lowest BCUT2D eigenvalue weighted by atomic mass is 9.96. The molecule has 0 aliphatic carbocycles. The SMILES string of the molecule is CCCCN1CCC(CNC(=O)c2c3n(c4ccccc24)C(O[Si](C)(C)C(C)(C)C)CCO3)CC1. The van der Waals surface area contributed by atoms with Gasteiger partial charge in [-0.1, -0.05) is 52.3 Å². The molecule has 6 nitrogen and oxygen atoms in total. The summed E-state index contributed by atoms with van der Waals surface area (Å²) in [6.07, 6.45) is 5.49. The average Bonchev–Trinajstić information content (AvgIpc) is 3.16. The molecule has 4 rings (SSSR count). The van der Waals surface area contributed by atoms with E-state index in [0.29, 0.717) is 24.0 Å². The third-order valence-electron chi connectivity index (χ3n) is 8.31. The van der Waals surface area contributed by atoms with E-state index in [-0.39, 0.29) is 17.2 Å². The van der Waals surface area contributed by atoms with Gasteiger partial charge in [-0.15, -0.1) is 0 Å². The predicted molar refractivity (Wildman–Crippen MR) is 146 cm³/mol. The van der Waals surface area contributed by atoms with Crippen LogP contribution in [0.4, 0.5) is 0 Å². The summed E-state index contributed by atoms with van der Waals surface area (Å²) in [5.41, 5.74) is 1.67. The number of rotatable bonds is 8. The lowest BCUT2D eigenvalue weighted by Gasteiger charge is -2.41. The van der Waals surface area contributed by atoms with Crippen LogP contribution in [0.3, 0.4) is 0 Å². The molecular weight excluding hydrogens is 454 g/mol. The second-order valence-corrected chi connectivity index (χ2v) is 16.6. The Morgan fingerprint density at radius 3 is 2.57 bits per heavy atom. The standard InChI is InChI=1S/C28H45N3O3Si/c1-7-8-16-30-17-13-21(14-18-30)20-29-26(32)25-22-11-9-10-12-23(22)31-24(15-19-33-27(25)31)34-35(5,6)28(2,3)4/h9-12,21,24H,7-8,13-20H2,1-6H3,(H,29,32). The van der Waals surface area contributed by atoms with Gasteiger partial charge in [-0.2, -0.15) is 0 Å². The van der Waals surface area contributed by atoms with Crippen LogP contribution in [-0.4, -0.2) is 56.5 Å². The summed E-state index contributed by atoms with van der Waals surface area (Å²) in [6.45, 7) is 18.4. The first-order chi connectivity index (χ1) is 16.6. The van der Waals surface area contributed by atoms with Crippen molar-refractivity contribution in [1.82, 2.24) is 14.8 Å². The molecule has 2 aliphatic heterocycles. The number of para-hydroxylation sites is 1. The first-order valence-electron chi connectivity index (χ1n) is 13.6. The molecule has 0 saturated carbocycles. The van der Waals surface area contributed by atoms with Gasteiger partial charge in [0.25, 0.3) is 5.91 Å². The van der Waals surface area contributed by atoms with Crippen molar-refractivity contribution < 1.29 is 14.0 Å². The Morgan fingerprint density at radius 2 is 1.89 bits per heavy atom. The number of fused-ring (bicyclic) bond motifs is 3. The van der Waals surface area contributed by atoms with E-state index >= 15 is 0 Å². The molecule has 1 fully saturated rings. The zero-order valence-corrected chi connectivity index (χ0v) is 23.7. The van der Waals surface area contributed by atoms with Gasteiger partial charge in [0.2, 0.25) is 5.88 Å². The van der Waals surface area contributed by atoms with Crippen molar-refractivity contribution in [3.8, 4) is 5.88 Å². The average molecular weight is 500 g/mol. The smallest absolute Gasteiger partial charge is 0.257 e. The van der Waals surface area contributed by atoms with Crippen molar-refractivity contribution in [3.63, 3.8) is 0 Å². The van der Waals surface area contributed by atoms with E-state index in [2.05, 4.69) is 61.6 Å². The summed E-state index contributed by atoms with van der Waals surface area (Å²) in [7, 11) is -2.00. The van der Waals surface area contributed by atoms with Gasteiger partial charge in [-0.25, -0.2) is 0 Å². The molecule has 0 radical (unpaired) electrons. The summed E-state index contributed by atoms with van der Waals surface area (Å²) in [5, 5.41) is 4.32. The molecule has 1 amide bonds. The minimum atomic E-state index is -2.00. The van der Waals surface area contributed by atoms with E-state index in [9.17, 15) is 4.79 Å². The van der Waals surface area contributed by atoms with Gasteiger partial charge in [-0.3, -0.25) is 9.36 Å². The fraction of sp³-hybridized carbons (Fsp3) is 0.679. The van der Waals surface area contributed by atoms with Crippen molar-refractivity contribution in [2.24, 2.45) is 5.92 Å². The highest BCUT2D eigenvalue weighted by molar-refractivity contribution is 6.74. The maximum absolute atomic E-state index is 13.5. The minimum absolute atomic E-state index is 0.0312. The Hall–Kier alpha value is -1.83. The molecule has 2 aromatic rings. The Balaban J connectivity index is 1.52. The molecule has 7 heteroatoms. The maximum atomic E-state index is 13.5. The highest BCUT2D eigenvalue weighted by Crippen LogP contribution is 2.44. The van der Waals surface area contributed by atoms with Crippen molar-refractivity contribution in [1.29, 1.82) is 0 Å². The summed E-state index contributed by atoms with van der Waals surface area (Å²) >= 11 is 0. The number of likely N-dealkylation sites (tertiary alicyclic amines) is 1. The lowest BCUT2D eigenvalue weighted by Crippen LogP contribution is -2.43. The maximum Gasteiger partial charge on any atom is 0.257 e. The number of nitrogens with zero attached hydrogens (tertiary/aromatic N) is 2. The number of ether oxygens (including phenoxy) is 1. The highest BCUT2D eigenvalue weighted by atomic mass is 28.4. The molecule has 2 aliphatic rings. The lowest BCUT2D eigenvalue weighted by molar-refractivity contribution is 0.0525. The van der Waals surface area contributed by atoms with Gasteiger partial charge in [0.1, 0.15) is 11.8 Å². The normalized spacial score (nSPS) is 20.0. The first kappa shape index (κ1) is 26.2. The molecule has 1 saturated heterocycles. The fourth-order valence-electron chi connectivity index (χ4n) is 5.02. The van der Waals surface area contributed by atoms with Crippen molar-refractivity contribution in [2.45, 2.75) is 84.2 Å². The molecule has 194 valence electrons. The quantitative estimate of drug-likeness (QED) is 0.440. The van der Waals surface area contributed by atoms with E-state index in [1.165, 1.54) is 19.4 Å². The zero-order valence-electron chi connectivity index (χ0n) is 22.7. The Bertz CT molecular complexity index is 1020. The third-order valence-corrected chi connectivity index (χ3v) is 12.8. The Morgan fingerprint density at radius 1 is 1.17 bits per heavy atom. The Kier molecular flexibility index (Phi) is 7.98. The molecule has 35 heavy (non-hydrogen) atoms. The van der Waals surface area contributed by atoms with Crippen LogP contribution in [0, 0.1) is 5.92 Å². The number of piperidine rings is 1. The van der Waals surface area contributed by atoms with E-state index in [4.69, 9.17) is 9.16 Å². The van der Waals surface area contributed by atoms with Crippen molar-refractivity contribution >= 4 is 25.1 Å². The number of hydrogen-bond donors (Lipinski definition) is 1. The monoisotopic (exact) mass is 499 g/mol. The van der Waals surface area contributed by atoms with Crippen LogP contribution in [-0.2, 0) is 4.43 Å². The van der Waals surface area contributed by atoms with Gasteiger partial charge in [0.05, 0.1) is 12.1 Å². The van der Waals surface area contributed by atoms with Crippen molar-refractivity contribution in [3.05, 3.63) is 29.8 Å². The molecule has 0 bridgehead atoms. The van der Waals surface area contributed by atoms with Crippen LogP contribution in [0.5, 0.6) is 5.88 Å². The molecule has 3 heterocycles. The number of amides is 1. The van der Waals surface area contributed by atoms with Gasteiger partial charge >= 0.3 is 0 Å². The summed E-state index contributed by atoms with van der Waals surface area (Å²) in [6, 6.07) is 8.15. The molecule has 1 atom stereocenters. The summed E-state index contributed by atoms with van der Waals surface area (Å²) in [4.78, 5) is 16.1. The topological polar surface area (TPSA) is 55.7 Å². The van der Waals surface area contributed by atoms with Crippen LogP contribution in [0.1, 0.15) is 76.4 Å². The molecular formula is C28H45N3O3Si. The molecule has 1 N–H and O–H groups in total. The zero-order chi connectivity index (χ0) is 25.2. The molecule has 1 aromatic carbocycles. The number of unbranched alkanes of at least 4 members (excludes halogenated alkanes) is 1. The van der Waals surface area contributed by atoms with E-state index in [1.807, 2.05) is 18.2 Å². The summed E-state index contributed by atoms with van der Waals surface area (Å²) < 4.78 is 15.2. The molecule has 1 aromatic heterocycles. The van der Waals surface area contributed by atoms with Crippen molar-refractivity contribution in [2.75, 3.05) is 32.8 Å². The van der Waals surface area contributed by atoms with Gasteiger partial charge in [-0.05, 0) is 69.0 Å². The molecule has 1 unspecified atom stereocenters. The number of hydrogen-bond acceptors (Lipinski definition) is 4. The van der Waals surface area contributed by atoms with Gasteiger partial charge in [0.15, 0.2) is 8.32 Å². The number of nitrogens with one attached hydrogen (secondary N) is 1. The van der Waals surface area contributed by atoms with E-state index in [1.54, 1.807) is 0 Å². The van der Waals surface area contributed by atoms with Crippen LogP contribution >= 0.6 is 0 Å². The second kappa shape index (κ2) is 10.6. The largest absolute Gasteiger partial charge is 0.478 e. The van der Waals surface area contributed by atoms with Crippen LogP contribution in [0.15, 0.2) is 24.3 Å². The van der Waals surface area contributed by atoms with Gasteiger partial charge in [0, 0.05) is 18.4 Å². The van der Waals surface area contributed by atoms with Gasteiger partial charge < -0.3 is 19.4 Å². The molecule has 0 spiro atoms. The predicted octanol–water partition coefficient (Wildman–Crippen LogP) is 6.19. The fourth-order valence-corrected chi connectivity index (χ4v) is 6.28. The summed E-state index contributed by atoms with van der Waals surface area (Å²) in [5.74, 6) is 1.17. The van der Waals surface area contributed by atoms with Crippen LogP contribution in [0.2, 0.25) is 18.1 Å².